The van der Waals surface area contributed by atoms with Gasteiger partial charge in [-0.25, -0.2) is 4.79 Å². The third kappa shape index (κ3) is 3.77. The molecule has 1 aromatic rings. The van der Waals surface area contributed by atoms with Crippen LogP contribution >= 0.6 is 0 Å². The molecule has 1 rings (SSSR count). The fourth-order valence-corrected chi connectivity index (χ4v) is 1.84. The van der Waals surface area contributed by atoms with Crippen LogP contribution in [0.25, 0.3) is 0 Å². The highest BCUT2D eigenvalue weighted by atomic mass is 16.5. The molecule has 0 amide bonds. The number of carboxylic acid groups (broad SMARTS) is 1. The predicted octanol–water partition coefficient (Wildman–Crippen LogP) is 0.402. The Bertz CT molecular complexity index is 468. The minimum atomic E-state index is -1.73. The first kappa shape index (κ1) is 15.1. The lowest BCUT2D eigenvalue weighted by Gasteiger charge is -2.16. The number of esters is 1. The highest BCUT2D eigenvalue weighted by Gasteiger charge is 2.22. The fraction of sp³-hybridized carbons (Fsp3) is 0.385. The van der Waals surface area contributed by atoms with Crippen molar-refractivity contribution in [3.8, 4) is 0 Å². The minimum absolute atomic E-state index is 0.0741. The lowest BCUT2D eigenvalue weighted by Crippen LogP contribution is -2.16. The molecular weight excluding hydrogens is 252 g/mol. The average molecular weight is 268 g/mol. The molecule has 0 heterocycles. The maximum atomic E-state index is 11.1. The van der Waals surface area contributed by atoms with Gasteiger partial charge in [-0.1, -0.05) is 18.2 Å². The number of aliphatic hydroxyl groups is 2. The number of carboxylic acids is 1. The van der Waals surface area contributed by atoms with Gasteiger partial charge in [0, 0.05) is 12.0 Å². The van der Waals surface area contributed by atoms with Gasteiger partial charge in [-0.15, -0.1) is 0 Å². The van der Waals surface area contributed by atoms with E-state index in [1.165, 1.54) is 13.2 Å². The van der Waals surface area contributed by atoms with E-state index < -0.39 is 18.0 Å². The summed E-state index contributed by atoms with van der Waals surface area (Å²) in [6, 6.07) is 4.78. The Labute approximate surface area is 110 Å². The van der Waals surface area contributed by atoms with E-state index in [-0.39, 0.29) is 25.0 Å². The molecule has 1 aromatic carbocycles. The number of carbonyl (C=O) groups is 2. The molecule has 0 spiro atoms. The maximum Gasteiger partial charge on any atom is 0.337 e. The zero-order chi connectivity index (χ0) is 14.4. The predicted molar refractivity (Wildman–Crippen MR) is 65.3 cm³/mol. The summed E-state index contributed by atoms with van der Waals surface area (Å²) in [4.78, 5) is 22.0. The van der Waals surface area contributed by atoms with Gasteiger partial charge in [0.1, 0.15) is 0 Å². The third-order valence-electron chi connectivity index (χ3n) is 2.79. The number of carbonyl (C=O) groups excluding carboxylic acids is 1. The summed E-state index contributed by atoms with van der Waals surface area (Å²) < 4.78 is 4.51. The SMILES string of the molecule is COC(=O)CCc1cccc(CO)c1C(O)C(=O)O. The van der Waals surface area contributed by atoms with E-state index in [2.05, 4.69) is 4.74 Å². The summed E-state index contributed by atoms with van der Waals surface area (Å²) in [5.74, 6) is -1.83. The Balaban J connectivity index is 3.08. The number of aryl methyl sites for hydroxylation is 1. The van der Waals surface area contributed by atoms with Crippen LogP contribution < -0.4 is 0 Å². The molecule has 0 fully saturated rings. The summed E-state index contributed by atoms with van der Waals surface area (Å²) in [7, 11) is 1.26. The molecule has 6 heteroatoms. The monoisotopic (exact) mass is 268 g/mol. The molecule has 0 saturated carbocycles. The van der Waals surface area contributed by atoms with Crippen molar-refractivity contribution >= 4 is 11.9 Å². The second-order valence-electron chi connectivity index (χ2n) is 3.96. The molecule has 0 aliphatic heterocycles. The molecule has 0 radical (unpaired) electrons. The van der Waals surface area contributed by atoms with Crippen molar-refractivity contribution in [3.05, 3.63) is 34.9 Å². The quantitative estimate of drug-likeness (QED) is 0.645. The number of benzene rings is 1. The van der Waals surface area contributed by atoms with E-state index in [0.717, 1.165) is 0 Å². The second-order valence-corrected chi connectivity index (χ2v) is 3.96. The van der Waals surface area contributed by atoms with Crippen molar-refractivity contribution in [1.82, 2.24) is 0 Å². The van der Waals surface area contributed by atoms with E-state index >= 15 is 0 Å². The molecule has 0 saturated heterocycles. The summed E-state index contributed by atoms with van der Waals surface area (Å²) >= 11 is 0. The van der Waals surface area contributed by atoms with Gasteiger partial charge in [0.2, 0.25) is 0 Å². The standard InChI is InChI=1S/C13H16O6/c1-19-10(15)6-5-8-3-2-4-9(7-14)11(8)12(16)13(17)18/h2-4,12,14,16H,5-7H2,1H3,(H,17,18). The molecule has 0 aliphatic carbocycles. The van der Waals surface area contributed by atoms with E-state index in [1.807, 2.05) is 0 Å². The van der Waals surface area contributed by atoms with Crippen molar-refractivity contribution in [3.63, 3.8) is 0 Å². The average Bonchev–Trinajstić information content (AvgIpc) is 2.43. The molecule has 0 aromatic heterocycles. The van der Waals surface area contributed by atoms with Crippen molar-refractivity contribution < 1.29 is 29.6 Å². The van der Waals surface area contributed by atoms with Crippen LogP contribution in [0.3, 0.4) is 0 Å². The molecule has 1 unspecified atom stereocenters. The first-order chi connectivity index (χ1) is 9.01. The van der Waals surface area contributed by atoms with Crippen LogP contribution in [0.2, 0.25) is 0 Å². The first-order valence-electron chi connectivity index (χ1n) is 5.70. The number of methoxy groups -OCH3 is 1. The van der Waals surface area contributed by atoms with Gasteiger partial charge in [0.25, 0.3) is 0 Å². The zero-order valence-corrected chi connectivity index (χ0v) is 10.5. The van der Waals surface area contributed by atoms with Crippen LogP contribution in [0, 0.1) is 0 Å². The number of aliphatic hydroxyl groups excluding tert-OH is 2. The van der Waals surface area contributed by atoms with Gasteiger partial charge >= 0.3 is 11.9 Å². The normalized spacial score (nSPS) is 11.9. The van der Waals surface area contributed by atoms with E-state index in [1.54, 1.807) is 12.1 Å². The van der Waals surface area contributed by atoms with Gasteiger partial charge in [-0.05, 0) is 17.5 Å². The molecule has 19 heavy (non-hydrogen) atoms. The summed E-state index contributed by atoms with van der Waals surface area (Å²) in [5, 5.41) is 27.8. The molecule has 0 aliphatic rings. The number of rotatable bonds is 6. The van der Waals surface area contributed by atoms with Crippen LogP contribution in [-0.2, 0) is 27.4 Å². The molecule has 3 N–H and O–H groups in total. The Morgan fingerprint density at radius 1 is 1.32 bits per heavy atom. The largest absolute Gasteiger partial charge is 0.479 e. The molecule has 104 valence electrons. The van der Waals surface area contributed by atoms with Gasteiger partial charge in [-0.2, -0.15) is 0 Å². The van der Waals surface area contributed by atoms with E-state index in [9.17, 15) is 19.8 Å². The van der Waals surface area contributed by atoms with Gasteiger partial charge in [-0.3, -0.25) is 4.79 Å². The number of hydrogen-bond donors (Lipinski definition) is 3. The molecule has 0 bridgehead atoms. The topological polar surface area (TPSA) is 104 Å². The van der Waals surface area contributed by atoms with Crippen molar-refractivity contribution in [2.24, 2.45) is 0 Å². The van der Waals surface area contributed by atoms with Crippen LogP contribution in [0.4, 0.5) is 0 Å². The van der Waals surface area contributed by atoms with Crippen LogP contribution in [0.5, 0.6) is 0 Å². The first-order valence-corrected chi connectivity index (χ1v) is 5.70. The number of aliphatic carboxylic acids is 1. The minimum Gasteiger partial charge on any atom is -0.479 e. The molecule has 6 nitrogen and oxygen atoms in total. The van der Waals surface area contributed by atoms with Crippen molar-refractivity contribution in [2.75, 3.05) is 7.11 Å². The highest BCUT2D eigenvalue weighted by molar-refractivity contribution is 5.75. The Morgan fingerprint density at radius 2 is 1.95 bits per heavy atom. The second kappa shape index (κ2) is 6.86. The summed E-state index contributed by atoms with van der Waals surface area (Å²) in [5.41, 5.74) is 0.977. The third-order valence-corrected chi connectivity index (χ3v) is 2.79. The number of hydrogen-bond acceptors (Lipinski definition) is 5. The smallest absolute Gasteiger partial charge is 0.337 e. The molecular formula is C13H16O6. The Hall–Kier alpha value is -1.92. The zero-order valence-electron chi connectivity index (χ0n) is 10.5. The van der Waals surface area contributed by atoms with Crippen molar-refractivity contribution in [2.45, 2.75) is 25.6 Å². The lowest BCUT2D eigenvalue weighted by atomic mass is 9.94. The fourth-order valence-electron chi connectivity index (χ4n) is 1.84. The van der Waals surface area contributed by atoms with Crippen LogP contribution in [0.1, 0.15) is 29.2 Å². The number of ether oxygens (including phenoxy) is 1. The van der Waals surface area contributed by atoms with Crippen molar-refractivity contribution in [1.29, 1.82) is 0 Å². The Morgan fingerprint density at radius 3 is 2.47 bits per heavy atom. The lowest BCUT2D eigenvalue weighted by molar-refractivity contribution is -0.147. The van der Waals surface area contributed by atoms with Crippen LogP contribution in [-0.4, -0.2) is 34.4 Å². The highest BCUT2D eigenvalue weighted by Crippen LogP contribution is 2.24. The summed E-state index contributed by atoms with van der Waals surface area (Å²) in [6.07, 6.45) is -1.42. The van der Waals surface area contributed by atoms with Gasteiger partial charge < -0.3 is 20.1 Å². The van der Waals surface area contributed by atoms with Gasteiger partial charge in [0.05, 0.1) is 13.7 Å². The maximum absolute atomic E-state index is 11.1. The summed E-state index contributed by atoms with van der Waals surface area (Å²) in [6.45, 7) is -0.383. The van der Waals surface area contributed by atoms with E-state index in [4.69, 9.17) is 5.11 Å². The Kier molecular flexibility index (Phi) is 5.47. The van der Waals surface area contributed by atoms with Crippen LogP contribution in [0.15, 0.2) is 18.2 Å². The van der Waals surface area contributed by atoms with E-state index in [0.29, 0.717) is 11.1 Å². The van der Waals surface area contributed by atoms with Gasteiger partial charge in [0.15, 0.2) is 6.10 Å². The molecule has 1 atom stereocenters.